The van der Waals surface area contributed by atoms with Gasteiger partial charge in [0.05, 0.1) is 0 Å². The molecule has 2 rings (SSSR count). The molecule has 0 radical (unpaired) electrons. The van der Waals surface area contributed by atoms with Crippen LogP contribution in [0.15, 0.2) is 24.3 Å². The molecule has 2 amide bonds. The van der Waals surface area contributed by atoms with Gasteiger partial charge in [-0.3, -0.25) is 9.59 Å². The molecule has 1 aliphatic rings. The highest BCUT2D eigenvalue weighted by molar-refractivity contribution is 5.97. The van der Waals surface area contributed by atoms with Crippen LogP contribution >= 0.6 is 0 Å². The molecule has 0 heterocycles. The Hall–Kier alpha value is -1.84. The fraction of sp³-hybridized carbons (Fsp3) is 0.556. The van der Waals surface area contributed by atoms with Crippen LogP contribution in [0.2, 0.25) is 0 Å². The lowest BCUT2D eigenvalue weighted by Gasteiger charge is -2.36. The van der Waals surface area contributed by atoms with Crippen molar-refractivity contribution in [3.8, 4) is 0 Å². The van der Waals surface area contributed by atoms with Crippen molar-refractivity contribution in [2.45, 2.75) is 40.0 Å². The van der Waals surface area contributed by atoms with Crippen LogP contribution in [0.5, 0.6) is 0 Å². The van der Waals surface area contributed by atoms with E-state index in [9.17, 15) is 9.59 Å². The minimum Gasteiger partial charge on any atom is -0.366 e. The van der Waals surface area contributed by atoms with Crippen molar-refractivity contribution in [3.63, 3.8) is 0 Å². The van der Waals surface area contributed by atoms with E-state index in [1.54, 1.807) is 24.3 Å². The van der Waals surface area contributed by atoms with Crippen molar-refractivity contribution >= 4 is 17.5 Å². The van der Waals surface area contributed by atoms with Gasteiger partial charge < -0.3 is 11.1 Å². The summed E-state index contributed by atoms with van der Waals surface area (Å²) in [7, 11) is 0. The smallest absolute Gasteiger partial charge is 0.248 e. The molecule has 0 spiro atoms. The third-order valence-electron chi connectivity index (χ3n) is 4.77. The van der Waals surface area contributed by atoms with Crippen LogP contribution in [0, 0.1) is 23.7 Å². The number of nitrogens with one attached hydrogen (secondary N) is 1. The topological polar surface area (TPSA) is 72.2 Å². The van der Waals surface area contributed by atoms with Crippen LogP contribution in [0.3, 0.4) is 0 Å². The largest absolute Gasteiger partial charge is 0.366 e. The summed E-state index contributed by atoms with van der Waals surface area (Å²) in [6.07, 6.45) is 3.24. The molecule has 22 heavy (non-hydrogen) atoms. The molecule has 1 fully saturated rings. The van der Waals surface area contributed by atoms with E-state index >= 15 is 0 Å². The average molecular weight is 302 g/mol. The van der Waals surface area contributed by atoms with Crippen LogP contribution in [0.25, 0.3) is 0 Å². The number of benzene rings is 1. The molecule has 0 aliphatic heterocycles. The highest BCUT2D eigenvalue weighted by atomic mass is 16.2. The van der Waals surface area contributed by atoms with Gasteiger partial charge in [0.1, 0.15) is 0 Å². The number of anilines is 1. The molecular weight excluding hydrogens is 276 g/mol. The molecule has 1 aliphatic carbocycles. The zero-order valence-electron chi connectivity index (χ0n) is 13.6. The van der Waals surface area contributed by atoms with E-state index in [1.165, 1.54) is 6.42 Å². The van der Waals surface area contributed by atoms with Crippen molar-refractivity contribution in [2.24, 2.45) is 29.4 Å². The normalized spacial score (nSPS) is 25.0. The monoisotopic (exact) mass is 302 g/mol. The number of hydrogen-bond acceptors (Lipinski definition) is 2. The van der Waals surface area contributed by atoms with Gasteiger partial charge in [-0.05, 0) is 48.8 Å². The first-order chi connectivity index (χ1) is 10.4. The van der Waals surface area contributed by atoms with Crippen LogP contribution in [-0.4, -0.2) is 11.8 Å². The van der Waals surface area contributed by atoms with Gasteiger partial charge in [-0.1, -0.05) is 33.3 Å². The van der Waals surface area contributed by atoms with Gasteiger partial charge in [-0.15, -0.1) is 0 Å². The van der Waals surface area contributed by atoms with Gasteiger partial charge in [0, 0.05) is 17.2 Å². The molecule has 3 unspecified atom stereocenters. The molecule has 3 atom stereocenters. The van der Waals surface area contributed by atoms with Crippen molar-refractivity contribution < 1.29 is 9.59 Å². The van der Waals surface area contributed by atoms with Gasteiger partial charge in [0.25, 0.3) is 0 Å². The molecule has 0 saturated heterocycles. The summed E-state index contributed by atoms with van der Waals surface area (Å²) in [4.78, 5) is 23.9. The van der Waals surface area contributed by atoms with E-state index in [0.29, 0.717) is 29.0 Å². The van der Waals surface area contributed by atoms with E-state index in [-0.39, 0.29) is 11.8 Å². The first-order valence-corrected chi connectivity index (χ1v) is 8.09. The number of amides is 2. The summed E-state index contributed by atoms with van der Waals surface area (Å²) in [6, 6.07) is 6.81. The molecule has 120 valence electrons. The Bertz CT molecular complexity index is 554. The molecule has 1 aromatic rings. The number of carbonyl (C=O) groups excluding carboxylic acids is 2. The Morgan fingerprint density at radius 2 is 2.00 bits per heavy atom. The van der Waals surface area contributed by atoms with Crippen molar-refractivity contribution in [3.05, 3.63) is 29.8 Å². The standard InChI is InChI=1S/C18H26N2O2/c1-11(2)15-8-7-12(3)9-16(15)18(22)20-14-6-4-5-13(10-14)17(19)21/h4-6,10-12,15-16H,7-9H2,1-3H3,(H2,19,21)(H,20,22). The molecule has 0 bridgehead atoms. The second-order valence-electron chi connectivity index (χ2n) is 6.87. The molecule has 4 heteroatoms. The summed E-state index contributed by atoms with van der Waals surface area (Å²) in [5.74, 6) is 1.13. The SMILES string of the molecule is CC1CCC(C(C)C)C(C(=O)Nc2cccc(C(N)=O)c2)C1. The minimum atomic E-state index is -0.484. The van der Waals surface area contributed by atoms with Crippen LogP contribution in [0.4, 0.5) is 5.69 Å². The number of carbonyl (C=O) groups is 2. The van der Waals surface area contributed by atoms with Crippen LogP contribution in [-0.2, 0) is 4.79 Å². The molecule has 1 saturated carbocycles. The molecule has 4 nitrogen and oxygen atoms in total. The van der Waals surface area contributed by atoms with Crippen LogP contribution in [0.1, 0.15) is 50.4 Å². The zero-order valence-corrected chi connectivity index (χ0v) is 13.6. The van der Waals surface area contributed by atoms with E-state index < -0.39 is 5.91 Å². The number of primary amides is 1. The average Bonchev–Trinajstić information content (AvgIpc) is 2.47. The zero-order chi connectivity index (χ0) is 16.3. The van der Waals surface area contributed by atoms with E-state index in [0.717, 1.165) is 12.8 Å². The van der Waals surface area contributed by atoms with Crippen molar-refractivity contribution in [2.75, 3.05) is 5.32 Å². The Morgan fingerprint density at radius 3 is 2.64 bits per heavy atom. The Balaban J connectivity index is 2.12. The second kappa shape index (κ2) is 6.95. The predicted molar refractivity (Wildman–Crippen MR) is 88.4 cm³/mol. The van der Waals surface area contributed by atoms with E-state index in [2.05, 4.69) is 26.1 Å². The molecule has 3 N–H and O–H groups in total. The molecular formula is C18H26N2O2. The first-order valence-electron chi connectivity index (χ1n) is 8.09. The van der Waals surface area contributed by atoms with Gasteiger partial charge in [-0.25, -0.2) is 0 Å². The molecule has 1 aromatic carbocycles. The second-order valence-corrected chi connectivity index (χ2v) is 6.87. The van der Waals surface area contributed by atoms with Gasteiger partial charge in [0.2, 0.25) is 11.8 Å². The summed E-state index contributed by atoms with van der Waals surface area (Å²) < 4.78 is 0. The third-order valence-corrected chi connectivity index (χ3v) is 4.77. The summed E-state index contributed by atoms with van der Waals surface area (Å²) in [6.45, 7) is 6.59. The van der Waals surface area contributed by atoms with E-state index in [1.807, 2.05) is 0 Å². The lowest BCUT2D eigenvalue weighted by Crippen LogP contribution is -2.36. The fourth-order valence-corrected chi connectivity index (χ4v) is 3.49. The first kappa shape index (κ1) is 16.5. The predicted octanol–water partition coefficient (Wildman–Crippen LogP) is 3.43. The van der Waals surface area contributed by atoms with Gasteiger partial charge >= 0.3 is 0 Å². The Labute approximate surface area is 132 Å². The highest BCUT2D eigenvalue weighted by Crippen LogP contribution is 2.38. The van der Waals surface area contributed by atoms with Gasteiger partial charge in [-0.2, -0.15) is 0 Å². The summed E-state index contributed by atoms with van der Waals surface area (Å²) >= 11 is 0. The maximum Gasteiger partial charge on any atom is 0.248 e. The lowest BCUT2D eigenvalue weighted by atomic mass is 9.70. The number of rotatable bonds is 4. The van der Waals surface area contributed by atoms with E-state index in [4.69, 9.17) is 5.73 Å². The quantitative estimate of drug-likeness (QED) is 0.894. The summed E-state index contributed by atoms with van der Waals surface area (Å²) in [5, 5.41) is 2.97. The summed E-state index contributed by atoms with van der Waals surface area (Å²) in [5.41, 5.74) is 6.34. The Kier molecular flexibility index (Phi) is 5.22. The maximum absolute atomic E-state index is 12.7. The highest BCUT2D eigenvalue weighted by Gasteiger charge is 2.35. The fourth-order valence-electron chi connectivity index (χ4n) is 3.49. The lowest BCUT2D eigenvalue weighted by molar-refractivity contribution is -0.123. The molecule has 0 aromatic heterocycles. The van der Waals surface area contributed by atoms with Gasteiger partial charge in [0.15, 0.2) is 0 Å². The van der Waals surface area contributed by atoms with Crippen LogP contribution < -0.4 is 11.1 Å². The van der Waals surface area contributed by atoms with Crippen molar-refractivity contribution in [1.82, 2.24) is 0 Å². The Morgan fingerprint density at radius 1 is 1.27 bits per heavy atom. The third kappa shape index (κ3) is 3.87. The minimum absolute atomic E-state index is 0.0426. The van der Waals surface area contributed by atoms with Crippen molar-refractivity contribution in [1.29, 1.82) is 0 Å². The number of nitrogens with two attached hydrogens (primary N) is 1. The number of hydrogen-bond donors (Lipinski definition) is 2. The maximum atomic E-state index is 12.7.